The molecule has 0 radical (unpaired) electrons. The van der Waals surface area contributed by atoms with Gasteiger partial charge in [0, 0.05) is 25.7 Å². The number of aromatic nitrogens is 2. The first kappa shape index (κ1) is 9.92. The highest BCUT2D eigenvalue weighted by atomic mass is 15.0. The topological polar surface area (TPSA) is 49.8 Å². The Bertz CT molecular complexity index is 249. The Morgan fingerprint density at radius 1 is 1.46 bits per heavy atom. The van der Waals surface area contributed by atoms with Crippen LogP contribution in [0.15, 0.2) is 12.3 Å². The van der Waals surface area contributed by atoms with Crippen LogP contribution in [0.1, 0.15) is 12.7 Å². The first-order valence-electron chi connectivity index (χ1n) is 4.57. The first-order valence-corrected chi connectivity index (χ1v) is 4.57. The molecule has 0 saturated heterocycles. The van der Waals surface area contributed by atoms with Gasteiger partial charge in [-0.05, 0) is 20.0 Å². The highest BCUT2D eigenvalue weighted by Gasteiger charge is 1.96. The van der Waals surface area contributed by atoms with Crippen molar-refractivity contribution < 1.29 is 0 Å². The van der Waals surface area contributed by atoms with Crippen molar-refractivity contribution in [3.05, 3.63) is 18.1 Å². The molecule has 0 saturated carbocycles. The van der Waals surface area contributed by atoms with E-state index in [0.717, 1.165) is 31.2 Å². The van der Waals surface area contributed by atoms with Gasteiger partial charge in [-0.15, -0.1) is 0 Å². The number of hydrogen-bond acceptors (Lipinski definition) is 4. The van der Waals surface area contributed by atoms with Gasteiger partial charge in [-0.3, -0.25) is 0 Å². The minimum absolute atomic E-state index is 0.871. The van der Waals surface area contributed by atoms with E-state index < -0.39 is 0 Å². The Hall–Kier alpha value is -1.16. The van der Waals surface area contributed by atoms with Gasteiger partial charge in [0.1, 0.15) is 11.6 Å². The molecule has 1 aromatic rings. The van der Waals surface area contributed by atoms with E-state index in [1.807, 2.05) is 13.1 Å². The normalized spacial score (nSPS) is 10.0. The van der Waals surface area contributed by atoms with Crippen LogP contribution in [-0.2, 0) is 6.42 Å². The van der Waals surface area contributed by atoms with Crippen molar-refractivity contribution in [1.29, 1.82) is 0 Å². The van der Waals surface area contributed by atoms with E-state index in [4.69, 9.17) is 0 Å². The Morgan fingerprint density at radius 2 is 2.31 bits per heavy atom. The van der Waals surface area contributed by atoms with E-state index in [-0.39, 0.29) is 0 Å². The van der Waals surface area contributed by atoms with Gasteiger partial charge < -0.3 is 10.6 Å². The monoisotopic (exact) mass is 180 g/mol. The Balaban J connectivity index is 2.56. The summed E-state index contributed by atoms with van der Waals surface area (Å²) in [6.45, 7) is 3.85. The van der Waals surface area contributed by atoms with Gasteiger partial charge in [0.25, 0.3) is 0 Å². The summed E-state index contributed by atoms with van der Waals surface area (Å²) in [5.41, 5.74) is 0. The lowest BCUT2D eigenvalue weighted by molar-refractivity contribution is 0.755. The van der Waals surface area contributed by atoms with Gasteiger partial charge >= 0.3 is 0 Å². The summed E-state index contributed by atoms with van der Waals surface area (Å²) in [6.07, 6.45) is 2.66. The van der Waals surface area contributed by atoms with Crippen molar-refractivity contribution in [3.63, 3.8) is 0 Å². The molecule has 13 heavy (non-hydrogen) atoms. The molecule has 1 aromatic heterocycles. The molecule has 0 bridgehead atoms. The number of likely N-dealkylation sites (N-methyl/N-ethyl adjacent to an activating group) is 1. The molecular formula is C9H16N4. The predicted octanol–water partition coefficient (Wildman–Crippen LogP) is 0.670. The zero-order chi connectivity index (χ0) is 9.52. The molecule has 1 rings (SSSR count). The minimum atomic E-state index is 0.871. The minimum Gasteiger partial charge on any atom is -0.370 e. The molecule has 0 aliphatic heterocycles. The zero-order valence-corrected chi connectivity index (χ0v) is 8.17. The molecule has 0 spiro atoms. The molecule has 4 nitrogen and oxygen atoms in total. The highest BCUT2D eigenvalue weighted by molar-refractivity contribution is 5.32. The number of anilines is 1. The van der Waals surface area contributed by atoms with E-state index in [1.165, 1.54) is 0 Å². The molecular weight excluding hydrogens is 164 g/mol. The molecule has 0 unspecified atom stereocenters. The third kappa shape index (κ3) is 3.38. The number of nitrogens with zero attached hydrogens (tertiary/aromatic N) is 2. The molecule has 0 atom stereocenters. The van der Waals surface area contributed by atoms with Crippen LogP contribution in [0.4, 0.5) is 5.82 Å². The van der Waals surface area contributed by atoms with Gasteiger partial charge in [-0.25, -0.2) is 9.97 Å². The lowest BCUT2D eigenvalue weighted by Crippen LogP contribution is -2.12. The second-order valence-corrected chi connectivity index (χ2v) is 2.74. The molecule has 0 fully saturated rings. The largest absolute Gasteiger partial charge is 0.370 e. The van der Waals surface area contributed by atoms with Crippen molar-refractivity contribution in [3.8, 4) is 0 Å². The molecule has 0 aliphatic rings. The van der Waals surface area contributed by atoms with Crippen LogP contribution >= 0.6 is 0 Å². The van der Waals surface area contributed by atoms with Crippen LogP contribution in [0.2, 0.25) is 0 Å². The average Bonchev–Trinajstić information content (AvgIpc) is 2.16. The van der Waals surface area contributed by atoms with E-state index >= 15 is 0 Å². The fraction of sp³-hybridized carbons (Fsp3) is 0.556. The van der Waals surface area contributed by atoms with Gasteiger partial charge in [0.2, 0.25) is 0 Å². The zero-order valence-electron chi connectivity index (χ0n) is 8.17. The van der Waals surface area contributed by atoms with Gasteiger partial charge in [0.05, 0.1) is 0 Å². The van der Waals surface area contributed by atoms with E-state index in [2.05, 4.69) is 27.5 Å². The molecule has 0 amide bonds. The summed E-state index contributed by atoms with van der Waals surface area (Å²) in [5, 5.41) is 6.22. The maximum atomic E-state index is 4.34. The second-order valence-electron chi connectivity index (χ2n) is 2.74. The van der Waals surface area contributed by atoms with E-state index in [1.54, 1.807) is 6.20 Å². The number of nitrogens with one attached hydrogen (secondary N) is 2. The lowest BCUT2D eigenvalue weighted by Gasteiger charge is -2.03. The third-order valence-corrected chi connectivity index (χ3v) is 1.66. The van der Waals surface area contributed by atoms with E-state index in [0.29, 0.717) is 0 Å². The van der Waals surface area contributed by atoms with Crippen LogP contribution in [0.5, 0.6) is 0 Å². The average molecular weight is 180 g/mol. The number of rotatable bonds is 5. The van der Waals surface area contributed by atoms with Crippen LogP contribution in [-0.4, -0.2) is 30.1 Å². The fourth-order valence-electron chi connectivity index (χ4n) is 1.04. The van der Waals surface area contributed by atoms with Crippen molar-refractivity contribution in [2.24, 2.45) is 0 Å². The molecule has 0 aromatic carbocycles. The predicted molar refractivity (Wildman–Crippen MR) is 53.8 cm³/mol. The van der Waals surface area contributed by atoms with Gasteiger partial charge in [-0.1, -0.05) is 0 Å². The van der Waals surface area contributed by atoms with Gasteiger partial charge in [-0.2, -0.15) is 0 Å². The van der Waals surface area contributed by atoms with Crippen molar-refractivity contribution >= 4 is 5.82 Å². The fourth-order valence-corrected chi connectivity index (χ4v) is 1.04. The molecule has 2 N–H and O–H groups in total. The SMILES string of the molecule is CCNc1ccnc(CCNC)n1. The molecule has 0 aliphatic carbocycles. The maximum absolute atomic E-state index is 4.34. The Kier molecular flexibility index (Phi) is 4.18. The summed E-state index contributed by atoms with van der Waals surface area (Å²) >= 11 is 0. The highest BCUT2D eigenvalue weighted by Crippen LogP contribution is 2.01. The van der Waals surface area contributed by atoms with E-state index in [9.17, 15) is 0 Å². The summed E-state index contributed by atoms with van der Waals surface area (Å²) in [5.74, 6) is 1.79. The quantitative estimate of drug-likeness (QED) is 0.699. The van der Waals surface area contributed by atoms with Crippen molar-refractivity contribution in [2.45, 2.75) is 13.3 Å². The molecule has 1 heterocycles. The standard InChI is InChI=1S/C9H16N4/c1-3-11-8-5-7-12-9(13-8)4-6-10-2/h5,7,10H,3-4,6H2,1-2H3,(H,11,12,13). The lowest BCUT2D eigenvalue weighted by atomic mass is 10.4. The summed E-state index contributed by atoms with van der Waals surface area (Å²) < 4.78 is 0. The maximum Gasteiger partial charge on any atom is 0.131 e. The Morgan fingerprint density at radius 3 is 3.00 bits per heavy atom. The van der Waals surface area contributed by atoms with Crippen LogP contribution in [0.3, 0.4) is 0 Å². The smallest absolute Gasteiger partial charge is 0.131 e. The summed E-state index contributed by atoms with van der Waals surface area (Å²) in [6, 6.07) is 1.88. The number of hydrogen-bond donors (Lipinski definition) is 2. The second kappa shape index (κ2) is 5.48. The van der Waals surface area contributed by atoms with Crippen LogP contribution in [0.25, 0.3) is 0 Å². The molecule has 72 valence electrons. The molecule has 4 heteroatoms. The van der Waals surface area contributed by atoms with Crippen LogP contribution < -0.4 is 10.6 Å². The van der Waals surface area contributed by atoms with Crippen LogP contribution in [0, 0.1) is 0 Å². The summed E-state index contributed by atoms with van der Waals surface area (Å²) in [4.78, 5) is 8.51. The van der Waals surface area contributed by atoms with Gasteiger partial charge in [0.15, 0.2) is 0 Å². The Labute approximate surface area is 78.8 Å². The summed E-state index contributed by atoms with van der Waals surface area (Å²) in [7, 11) is 1.92. The van der Waals surface area contributed by atoms with Crippen molar-refractivity contribution in [1.82, 2.24) is 15.3 Å². The van der Waals surface area contributed by atoms with Crippen molar-refractivity contribution in [2.75, 3.05) is 25.5 Å². The third-order valence-electron chi connectivity index (χ3n) is 1.66. The first-order chi connectivity index (χ1) is 6.36.